The first-order valence-corrected chi connectivity index (χ1v) is 7.35. The average Bonchev–Trinajstić information content (AvgIpc) is 2.92. The van der Waals surface area contributed by atoms with Crippen LogP contribution in [0, 0.1) is 5.82 Å². The number of halogens is 1. The van der Waals surface area contributed by atoms with Gasteiger partial charge in [-0.1, -0.05) is 12.1 Å². The van der Waals surface area contributed by atoms with Gasteiger partial charge in [0, 0.05) is 22.8 Å². The summed E-state index contributed by atoms with van der Waals surface area (Å²) in [5, 5.41) is 11.8. The van der Waals surface area contributed by atoms with Crippen LogP contribution in [0.5, 0.6) is 0 Å². The molecule has 0 radical (unpaired) electrons. The highest BCUT2D eigenvalue weighted by Crippen LogP contribution is 2.28. The Balaban J connectivity index is 1.79. The van der Waals surface area contributed by atoms with E-state index in [4.69, 9.17) is 9.84 Å². The van der Waals surface area contributed by atoms with E-state index in [9.17, 15) is 4.39 Å². The lowest BCUT2D eigenvalue weighted by atomic mass is 10.2. The first-order valence-electron chi connectivity index (χ1n) is 6.53. The molecule has 0 aliphatic rings. The van der Waals surface area contributed by atoms with Gasteiger partial charge in [-0.3, -0.25) is 0 Å². The lowest BCUT2D eigenvalue weighted by Crippen LogP contribution is -2.19. The van der Waals surface area contributed by atoms with Crippen LogP contribution in [0.1, 0.15) is 4.88 Å². The highest BCUT2D eigenvalue weighted by atomic mass is 32.1. The minimum atomic E-state index is -0.213. The summed E-state index contributed by atoms with van der Waals surface area (Å²) in [6.45, 7) is 2.58. The zero-order valence-electron chi connectivity index (χ0n) is 11.1. The number of aliphatic hydroxyl groups excluding tert-OH is 1. The van der Waals surface area contributed by atoms with Gasteiger partial charge in [0.25, 0.3) is 0 Å². The van der Waals surface area contributed by atoms with Crippen LogP contribution in [-0.4, -0.2) is 31.5 Å². The Hall–Kier alpha value is -1.27. The van der Waals surface area contributed by atoms with Crippen LogP contribution >= 0.6 is 11.3 Å². The van der Waals surface area contributed by atoms with Crippen molar-refractivity contribution in [2.75, 3.05) is 26.4 Å². The SMILES string of the molecule is OCCOCCNCc1ccc(-c2ccc(F)cc2)s1. The molecule has 2 aromatic rings. The van der Waals surface area contributed by atoms with Crippen LogP contribution < -0.4 is 5.32 Å². The van der Waals surface area contributed by atoms with E-state index in [-0.39, 0.29) is 12.4 Å². The van der Waals surface area contributed by atoms with Crippen LogP contribution in [0.2, 0.25) is 0 Å². The third-order valence-corrected chi connectivity index (χ3v) is 3.88. The summed E-state index contributed by atoms with van der Waals surface area (Å²) < 4.78 is 18.0. The van der Waals surface area contributed by atoms with Crippen molar-refractivity contribution in [3.63, 3.8) is 0 Å². The summed E-state index contributed by atoms with van der Waals surface area (Å²) in [5.74, 6) is -0.213. The second kappa shape index (κ2) is 8.11. The number of ether oxygens (including phenoxy) is 1. The molecule has 0 spiro atoms. The molecule has 0 fully saturated rings. The van der Waals surface area contributed by atoms with Gasteiger partial charge in [-0.25, -0.2) is 4.39 Å². The summed E-state index contributed by atoms with van der Waals surface area (Å²) in [7, 11) is 0. The number of hydrogen-bond acceptors (Lipinski definition) is 4. The van der Waals surface area contributed by atoms with Gasteiger partial charge in [0.05, 0.1) is 19.8 Å². The number of hydrogen-bond donors (Lipinski definition) is 2. The zero-order chi connectivity index (χ0) is 14.2. The van der Waals surface area contributed by atoms with E-state index in [0.29, 0.717) is 13.2 Å². The maximum atomic E-state index is 12.9. The van der Waals surface area contributed by atoms with Gasteiger partial charge in [0.1, 0.15) is 5.82 Å². The second-order valence-corrected chi connectivity index (χ2v) is 5.45. The highest BCUT2D eigenvalue weighted by molar-refractivity contribution is 7.15. The molecule has 1 aromatic carbocycles. The normalized spacial score (nSPS) is 10.9. The summed E-state index contributed by atoms with van der Waals surface area (Å²) in [6, 6.07) is 10.7. The lowest BCUT2D eigenvalue weighted by Gasteiger charge is -2.03. The van der Waals surface area contributed by atoms with Gasteiger partial charge in [0.15, 0.2) is 0 Å². The summed E-state index contributed by atoms with van der Waals surface area (Å²) in [4.78, 5) is 2.37. The number of nitrogens with one attached hydrogen (secondary N) is 1. The molecule has 0 unspecified atom stereocenters. The van der Waals surface area contributed by atoms with Crippen molar-refractivity contribution in [1.82, 2.24) is 5.32 Å². The van der Waals surface area contributed by atoms with Gasteiger partial charge in [-0.05, 0) is 29.8 Å². The van der Waals surface area contributed by atoms with E-state index in [1.54, 1.807) is 23.5 Å². The first kappa shape index (κ1) is 15.1. The van der Waals surface area contributed by atoms with E-state index < -0.39 is 0 Å². The molecule has 0 aliphatic heterocycles. The molecule has 0 saturated carbocycles. The predicted molar refractivity (Wildman–Crippen MR) is 79.3 cm³/mol. The third kappa shape index (κ3) is 4.68. The van der Waals surface area contributed by atoms with Gasteiger partial charge < -0.3 is 15.2 Å². The molecule has 0 aliphatic carbocycles. The molecule has 5 heteroatoms. The van der Waals surface area contributed by atoms with E-state index in [0.717, 1.165) is 23.5 Å². The molecule has 3 nitrogen and oxygen atoms in total. The lowest BCUT2D eigenvalue weighted by molar-refractivity contribution is 0.0938. The summed E-state index contributed by atoms with van der Waals surface area (Å²) in [5.41, 5.74) is 1.04. The van der Waals surface area contributed by atoms with Crippen LogP contribution in [0.3, 0.4) is 0 Å². The molecule has 0 saturated heterocycles. The Kier molecular flexibility index (Phi) is 6.14. The van der Waals surface area contributed by atoms with Gasteiger partial charge >= 0.3 is 0 Å². The fourth-order valence-corrected chi connectivity index (χ4v) is 2.75. The van der Waals surface area contributed by atoms with Gasteiger partial charge in [-0.15, -0.1) is 11.3 Å². The molecule has 20 heavy (non-hydrogen) atoms. The van der Waals surface area contributed by atoms with E-state index in [2.05, 4.69) is 17.4 Å². The maximum Gasteiger partial charge on any atom is 0.123 e. The minimum Gasteiger partial charge on any atom is -0.394 e. The first-order chi connectivity index (χ1) is 9.79. The standard InChI is InChI=1S/C15H18FNO2S/c16-13-3-1-12(2-4-13)15-6-5-14(20-15)11-17-7-9-19-10-8-18/h1-6,17-18H,7-11H2. The van der Waals surface area contributed by atoms with Crippen molar-refractivity contribution < 1.29 is 14.2 Å². The molecule has 0 atom stereocenters. The smallest absolute Gasteiger partial charge is 0.123 e. The fourth-order valence-electron chi connectivity index (χ4n) is 1.76. The minimum absolute atomic E-state index is 0.0615. The number of thiophene rings is 1. The topological polar surface area (TPSA) is 41.5 Å². The third-order valence-electron chi connectivity index (χ3n) is 2.75. The van der Waals surface area contributed by atoms with Crippen molar-refractivity contribution in [3.05, 3.63) is 47.1 Å². The van der Waals surface area contributed by atoms with Gasteiger partial charge in [0.2, 0.25) is 0 Å². The Morgan fingerprint density at radius 3 is 2.65 bits per heavy atom. The van der Waals surface area contributed by atoms with Crippen LogP contribution in [0.4, 0.5) is 4.39 Å². The molecule has 0 bridgehead atoms. The Bertz CT molecular complexity index is 513. The monoisotopic (exact) mass is 295 g/mol. The molecule has 1 aromatic heterocycles. The largest absolute Gasteiger partial charge is 0.394 e. The Morgan fingerprint density at radius 1 is 1.10 bits per heavy atom. The molecule has 2 rings (SSSR count). The molecule has 0 amide bonds. The van der Waals surface area contributed by atoms with Crippen LogP contribution in [0.25, 0.3) is 10.4 Å². The van der Waals surface area contributed by atoms with Crippen LogP contribution in [-0.2, 0) is 11.3 Å². The molecular weight excluding hydrogens is 277 g/mol. The zero-order valence-corrected chi connectivity index (χ0v) is 12.0. The quantitative estimate of drug-likeness (QED) is 0.736. The Morgan fingerprint density at radius 2 is 1.90 bits per heavy atom. The maximum absolute atomic E-state index is 12.9. The molecule has 2 N–H and O–H groups in total. The van der Waals surface area contributed by atoms with Crippen molar-refractivity contribution in [3.8, 4) is 10.4 Å². The van der Waals surface area contributed by atoms with E-state index in [1.807, 2.05) is 0 Å². The fraction of sp³-hybridized carbons (Fsp3) is 0.333. The predicted octanol–water partition coefficient (Wildman–Crippen LogP) is 2.65. The second-order valence-electron chi connectivity index (χ2n) is 4.29. The van der Waals surface area contributed by atoms with Crippen molar-refractivity contribution in [2.45, 2.75) is 6.54 Å². The molecule has 108 valence electrons. The van der Waals surface area contributed by atoms with Crippen LogP contribution in [0.15, 0.2) is 36.4 Å². The summed E-state index contributed by atoms with van der Waals surface area (Å²) >= 11 is 1.69. The summed E-state index contributed by atoms with van der Waals surface area (Å²) in [6.07, 6.45) is 0. The number of rotatable bonds is 8. The number of aliphatic hydroxyl groups is 1. The van der Waals surface area contributed by atoms with E-state index in [1.165, 1.54) is 17.0 Å². The molecule has 1 heterocycles. The molecular formula is C15H18FNO2S. The highest BCUT2D eigenvalue weighted by Gasteiger charge is 2.03. The van der Waals surface area contributed by atoms with Crippen molar-refractivity contribution in [1.29, 1.82) is 0 Å². The van der Waals surface area contributed by atoms with Crippen molar-refractivity contribution in [2.24, 2.45) is 0 Å². The Labute approximate surface area is 122 Å². The van der Waals surface area contributed by atoms with E-state index >= 15 is 0 Å². The number of benzene rings is 1. The average molecular weight is 295 g/mol. The van der Waals surface area contributed by atoms with Crippen molar-refractivity contribution >= 4 is 11.3 Å². The van der Waals surface area contributed by atoms with Gasteiger partial charge in [-0.2, -0.15) is 0 Å².